The molecular formula is C15H24F3N5O. The first-order chi connectivity index (χ1) is 11.3. The number of hydrogen-bond acceptors (Lipinski definition) is 5. The summed E-state index contributed by atoms with van der Waals surface area (Å²) in [6.45, 7) is 6.25. The Kier molecular flexibility index (Phi) is 5.12. The van der Waals surface area contributed by atoms with E-state index >= 15 is 0 Å². The van der Waals surface area contributed by atoms with Crippen LogP contribution in [0, 0.1) is 5.92 Å². The monoisotopic (exact) mass is 347 g/mol. The molecule has 2 aliphatic heterocycles. The van der Waals surface area contributed by atoms with Gasteiger partial charge in [0.2, 0.25) is 5.82 Å². The Bertz CT molecular complexity index is 554. The second-order valence-electron chi connectivity index (χ2n) is 6.96. The van der Waals surface area contributed by atoms with Gasteiger partial charge in [-0.1, -0.05) is 6.92 Å². The van der Waals surface area contributed by atoms with Gasteiger partial charge < -0.3 is 14.6 Å². The van der Waals surface area contributed by atoms with E-state index in [0.29, 0.717) is 25.5 Å². The number of fused-ring (bicyclic) bond motifs is 1. The number of alkyl halides is 3. The highest BCUT2D eigenvalue weighted by molar-refractivity contribution is 5.02. The van der Waals surface area contributed by atoms with Crippen LogP contribution in [0.15, 0.2) is 0 Å². The predicted molar refractivity (Wildman–Crippen MR) is 81.1 cm³/mol. The number of nitrogens with zero attached hydrogens (tertiary/aromatic N) is 5. The molecule has 1 aromatic rings. The first-order valence-corrected chi connectivity index (χ1v) is 8.45. The molecule has 2 aliphatic rings. The normalized spacial score (nSPS) is 22.5. The van der Waals surface area contributed by atoms with Crippen molar-refractivity contribution in [3.05, 3.63) is 11.6 Å². The summed E-state index contributed by atoms with van der Waals surface area (Å²) in [4.78, 5) is 4.21. The number of aliphatic hydroxyl groups is 1. The van der Waals surface area contributed by atoms with Crippen LogP contribution in [0.3, 0.4) is 0 Å². The minimum atomic E-state index is -4.47. The second kappa shape index (κ2) is 6.97. The largest absolute Gasteiger partial charge is 0.451 e. The van der Waals surface area contributed by atoms with Crippen molar-refractivity contribution in [2.75, 3.05) is 32.7 Å². The zero-order chi connectivity index (χ0) is 17.3. The zero-order valence-corrected chi connectivity index (χ0v) is 13.8. The fourth-order valence-corrected chi connectivity index (χ4v) is 3.47. The standard InChI is InChI=1S/C15H24F3N5O/c1-11-2-4-21(5-3-11)8-12(24)9-22-6-7-23-13(10-22)19-20-14(23)15(16,17)18/h11-12,24H,2-10H2,1H3. The fourth-order valence-electron chi connectivity index (χ4n) is 3.47. The summed E-state index contributed by atoms with van der Waals surface area (Å²) in [5, 5.41) is 17.2. The predicted octanol–water partition coefficient (Wildman–Crippen LogP) is 1.21. The summed E-state index contributed by atoms with van der Waals surface area (Å²) in [6.07, 6.45) is -2.67. The molecule has 9 heteroatoms. The molecule has 24 heavy (non-hydrogen) atoms. The number of aliphatic hydroxyl groups excluding tert-OH is 1. The van der Waals surface area contributed by atoms with Gasteiger partial charge in [0.1, 0.15) is 5.82 Å². The van der Waals surface area contributed by atoms with Gasteiger partial charge in [-0.15, -0.1) is 10.2 Å². The minimum absolute atomic E-state index is 0.200. The molecule has 1 N–H and O–H groups in total. The van der Waals surface area contributed by atoms with Gasteiger partial charge in [0, 0.05) is 26.2 Å². The Morgan fingerprint density at radius 2 is 1.75 bits per heavy atom. The molecule has 136 valence electrons. The lowest BCUT2D eigenvalue weighted by molar-refractivity contribution is -0.148. The molecule has 1 aromatic heterocycles. The van der Waals surface area contributed by atoms with Crippen LogP contribution in [0.25, 0.3) is 0 Å². The van der Waals surface area contributed by atoms with Crippen LogP contribution >= 0.6 is 0 Å². The summed E-state index contributed by atoms with van der Waals surface area (Å²) < 4.78 is 39.6. The van der Waals surface area contributed by atoms with Crippen molar-refractivity contribution in [3.8, 4) is 0 Å². The highest BCUT2D eigenvalue weighted by Gasteiger charge is 2.39. The maximum Gasteiger partial charge on any atom is 0.451 e. The molecule has 0 bridgehead atoms. The van der Waals surface area contributed by atoms with Crippen molar-refractivity contribution in [2.45, 2.75) is 45.1 Å². The summed E-state index contributed by atoms with van der Waals surface area (Å²) in [7, 11) is 0. The Hall–Kier alpha value is -1.19. The third-order valence-corrected chi connectivity index (χ3v) is 4.90. The second-order valence-corrected chi connectivity index (χ2v) is 6.96. The lowest BCUT2D eigenvalue weighted by Gasteiger charge is -2.34. The van der Waals surface area contributed by atoms with Gasteiger partial charge in [-0.25, -0.2) is 0 Å². The maximum atomic E-state index is 12.8. The number of β-amino-alcohol motifs (C(OH)–C–C–N with tert-alkyl or cyclic N) is 1. The third-order valence-electron chi connectivity index (χ3n) is 4.90. The number of piperidine rings is 1. The molecule has 0 aromatic carbocycles. The van der Waals surface area contributed by atoms with Crippen molar-refractivity contribution < 1.29 is 18.3 Å². The van der Waals surface area contributed by atoms with Crippen LogP contribution in [0.1, 0.15) is 31.4 Å². The van der Waals surface area contributed by atoms with Crippen molar-refractivity contribution in [3.63, 3.8) is 0 Å². The smallest absolute Gasteiger partial charge is 0.390 e. The number of rotatable bonds is 4. The molecule has 1 unspecified atom stereocenters. The number of hydrogen-bond donors (Lipinski definition) is 1. The Morgan fingerprint density at radius 3 is 2.42 bits per heavy atom. The van der Waals surface area contributed by atoms with Gasteiger partial charge in [0.25, 0.3) is 0 Å². The summed E-state index contributed by atoms with van der Waals surface area (Å²) >= 11 is 0. The van der Waals surface area contributed by atoms with E-state index in [1.54, 1.807) is 0 Å². The first kappa shape index (κ1) is 17.6. The number of likely N-dealkylation sites (tertiary alicyclic amines) is 1. The summed E-state index contributed by atoms with van der Waals surface area (Å²) in [5.74, 6) is 0.127. The zero-order valence-electron chi connectivity index (χ0n) is 13.8. The van der Waals surface area contributed by atoms with Crippen LogP contribution < -0.4 is 0 Å². The minimum Gasteiger partial charge on any atom is -0.390 e. The molecule has 0 radical (unpaired) electrons. The van der Waals surface area contributed by atoms with E-state index in [1.807, 2.05) is 4.90 Å². The van der Waals surface area contributed by atoms with E-state index in [4.69, 9.17) is 0 Å². The number of aromatic nitrogens is 3. The molecule has 3 heterocycles. The average molecular weight is 347 g/mol. The molecule has 1 atom stereocenters. The summed E-state index contributed by atoms with van der Waals surface area (Å²) in [6, 6.07) is 0. The van der Waals surface area contributed by atoms with Crippen LogP contribution in [-0.4, -0.2) is 68.5 Å². The Balaban J connectivity index is 1.52. The molecular weight excluding hydrogens is 323 g/mol. The van der Waals surface area contributed by atoms with Crippen LogP contribution in [-0.2, 0) is 19.3 Å². The van der Waals surface area contributed by atoms with Gasteiger partial charge in [-0.3, -0.25) is 4.90 Å². The van der Waals surface area contributed by atoms with Crippen molar-refractivity contribution in [1.29, 1.82) is 0 Å². The van der Waals surface area contributed by atoms with E-state index in [2.05, 4.69) is 22.0 Å². The van der Waals surface area contributed by atoms with Gasteiger partial charge >= 0.3 is 6.18 Å². The van der Waals surface area contributed by atoms with E-state index in [0.717, 1.165) is 36.4 Å². The highest BCUT2D eigenvalue weighted by Crippen LogP contribution is 2.29. The van der Waals surface area contributed by atoms with E-state index < -0.39 is 18.1 Å². The average Bonchev–Trinajstić information content (AvgIpc) is 2.93. The number of halogens is 3. The molecule has 1 saturated heterocycles. The van der Waals surface area contributed by atoms with Crippen molar-refractivity contribution in [1.82, 2.24) is 24.6 Å². The van der Waals surface area contributed by atoms with E-state index in [9.17, 15) is 18.3 Å². The third kappa shape index (κ3) is 4.07. The van der Waals surface area contributed by atoms with Crippen LogP contribution in [0.2, 0.25) is 0 Å². The van der Waals surface area contributed by atoms with Gasteiger partial charge in [-0.2, -0.15) is 13.2 Å². The van der Waals surface area contributed by atoms with Crippen LogP contribution in [0.4, 0.5) is 13.2 Å². The molecule has 0 spiro atoms. The molecule has 0 aliphatic carbocycles. The van der Waals surface area contributed by atoms with Crippen molar-refractivity contribution >= 4 is 0 Å². The Morgan fingerprint density at radius 1 is 1.08 bits per heavy atom. The van der Waals surface area contributed by atoms with Crippen molar-refractivity contribution in [2.24, 2.45) is 5.92 Å². The lowest BCUT2D eigenvalue weighted by atomic mass is 9.99. The van der Waals surface area contributed by atoms with Crippen LogP contribution in [0.5, 0.6) is 0 Å². The highest BCUT2D eigenvalue weighted by atomic mass is 19.4. The molecule has 3 rings (SSSR count). The quantitative estimate of drug-likeness (QED) is 0.887. The Labute approximate surface area is 139 Å². The SMILES string of the molecule is CC1CCN(CC(O)CN2CCn3c(nnc3C(F)(F)F)C2)CC1. The fraction of sp³-hybridized carbons (Fsp3) is 0.867. The lowest BCUT2D eigenvalue weighted by Crippen LogP contribution is -2.45. The van der Waals surface area contributed by atoms with Gasteiger partial charge in [-0.05, 0) is 31.8 Å². The summed E-state index contributed by atoms with van der Waals surface area (Å²) in [5.41, 5.74) is 0. The molecule has 0 saturated carbocycles. The van der Waals surface area contributed by atoms with E-state index in [1.165, 1.54) is 0 Å². The maximum absolute atomic E-state index is 12.8. The van der Waals surface area contributed by atoms with Gasteiger partial charge in [0.15, 0.2) is 0 Å². The molecule has 0 amide bonds. The van der Waals surface area contributed by atoms with E-state index in [-0.39, 0.29) is 13.1 Å². The first-order valence-electron chi connectivity index (χ1n) is 8.45. The molecule has 6 nitrogen and oxygen atoms in total. The molecule has 1 fully saturated rings. The van der Waals surface area contributed by atoms with Gasteiger partial charge in [0.05, 0.1) is 12.6 Å². The topological polar surface area (TPSA) is 57.4 Å².